The number of hydrogen-bond acceptors (Lipinski definition) is 1. The topological polar surface area (TPSA) is 9.23 Å². The molecule has 0 aliphatic heterocycles. The van der Waals surface area contributed by atoms with Gasteiger partial charge in [-0.15, -0.1) is 13.2 Å². The Bertz CT molecular complexity index is 64.1. The van der Waals surface area contributed by atoms with Gasteiger partial charge in [0.05, 0.1) is 0 Å². The third-order valence-electron chi connectivity index (χ3n) is 0.737. The molecule has 0 aromatic carbocycles. The fourth-order valence-corrected chi connectivity index (χ4v) is 2.02. The summed E-state index contributed by atoms with van der Waals surface area (Å²) in [6, 6.07) is 0. The molecule has 0 aliphatic carbocycles. The quantitative estimate of drug-likeness (QED) is 0.466. The summed E-state index contributed by atoms with van der Waals surface area (Å²) in [7, 11) is -0.271. The molecule has 0 N–H and O–H groups in total. The van der Waals surface area contributed by atoms with E-state index in [2.05, 4.69) is 13.2 Å². The summed E-state index contributed by atoms with van der Waals surface area (Å²) in [5.41, 5.74) is 3.72. The summed E-state index contributed by atoms with van der Waals surface area (Å²) in [6.07, 6.45) is 0. The molecular formula is C4H10OSi2. The lowest BCUT2D eigenvalue weighted by atomic mass is 11.2. The second kappa shape index (κ2) is 4.04. The van der Waals surface area contributed by atoms with E-state index in [-0.39, 0.29) is 0 Å². The Kier molecular flexibility index (Phi) is 3.97. The van der Waals surface area contributed by atoms with Crippen LogP contribution in [0.15, 0.2) is 24.6 Å². The Morgan fingerprint density at radius 1 is 1.43 bits per heavy atom. The van der Waals surface area contributed by atoms with Crippen LogP contribution in [0.2, 0.25) is 0 Å². The summed E-state index contributed by atoms with van der Waals surface area (Å²) in [5.74, 6) is 0. The molecule has 0 aromatic rings. The molecule has 1 nitrogen and oxygen atoms in total. The SMILES string of the molecule is C=C[SiH](C=C)O[SiH3]. The third kappa shape index (κ3) is 2.55. The minimum atomic E-state index is -1.08. The molecule has 40 valence electrons. The van der Waals surface area contributed by atoms with Crippen molar-refractivity contribution in [3.8, 4) is 0 Å². The van der Waals surface area contributed by atoms with Crippen LogP contribution in [0.3, 0.4) is 0 Å². The van der Waals surface area contributed by atoms with Gasteiger partial charge in [0.25, 0.3) is 0 Å². The predicted octanol–water partition coefficient (Wildman–Crippen LogP) is -0.542. The third-order valence-corrected chi connectivity index (χ3v) is 3.84. The van der Waals surface area contributed by atoms with Gasteiger partial charge in [0.2, 0.25) is 9.04 Å². The van der Waals surface area contributed by atoms with Gasteiger partial charge in [0.15, 0.2) is 0 Å². The van der Waals surface area contributed by atoms with Gasteiger partial charge in [-0.2, -0.15) is 0 Å². The van der Waals surface area contributed by atoms with E-state index in [4.69, 9.17) is 4.12 Å². The van der Waals surface area contributed by atoms with Crippen molar-refractivity contribution in [1.82, 2.24) is 0 Å². The second-order valence-corrected chi connectivity index (χ2v) is 4.93. The van der Waals surface area contributed by atoms with E-state index in [9.17, 15) is 0 Å². The van der Waals surface area contributed by atoms with Crippen molar-refractivity contribution >= 4 is 19.5 Å². The monoisotopic (exact) mass is 130 g/mol. The van der Waals surface area contributed by atoms with Crippen LogP contribution in [-0.4, -0.2) is 19.5 Å². The molecule has 7 heavy (non-hydrogen) atoms. The first-order chi connectivity index (χ1) is 3.35. The standard InChI is InChI=1S/C4H10OSi2/c1-3-7(4-2)5-6/h3-4,7H,1-2H2,6H3. The van der Waals surface area contributed by atoms with Crippen LogP contribution in [0, 0.1) is 0 Å². The summed E-state index contributed by atoms with van der Waals surface area (Å²) in [5, 5.41) is 0. The summed E-state index contributed by atoms with van der Waals surface area (Å²) in [4.78, 5) is 0. The van der Waals surface area contributed by atoms with Crippen LogP contribution in [0.1, 0.15) is 0 Å². The zero-order valence-corrected chi connectivity index (χ0v) is 7.71. The number of hydrogen-bond donors (Lipinski definition) is 0. The van der Waals surface area contributed by atoms with E-state index in [1.165, 1.54) is 0 Å². The lowest BCUT2D eigenvalue weighted by Gasteiger charge is -1.97. The largest absolute Gasteiger partial charge is 0.460 e. The van der Waals surface area contributed by atoms with Crippen LogP contribution < -0.4 is 0 Å². The molecule has 0 atom stereocenters. The lowest BCUT2D eigenvalue weighted by molar-refractivity contribution is 0.659. The average Bonchev–Trinajstić information content (AvgIpc) is 1.72. The first-order valence-electron chi connectivity index (χ1n) is 2.13. The van der Waals surface area contributed by atoms with Gasteiger partial charge in [0, 0.05) is 0 Å². The maximum Gasteiger partial charge on any atom is 0.212 e. The molecule has 0 fully saturated rings. The highest BCUT2D eigenvalue weighted by molar-refractivity contribution is 6.65. The van der Waals surface area contributed by atoms with Gasteiger partial charge in [-0.05, 0) is 0 Å². The van der Waals surface area contributed by atoms with Gasteiger partial charge < -0.3 is 4.12 Å². The van der Waals surface area contributed by atoms with E-state index < -0.39 is 9.04 Å². The molecular weight excluding hydrogens is 120 g/mol. The summed E-state index contributed by atoms with van der Waals surface area (Å²) < 4.78 is 5.09. The highest BCUT2D eigenvalue weighted by Crippen LogP contribution is 1.81. The highest BCUT2D eigenvalue weighted by atomic mass is 28.3. The maximum absolute atomic E-state index is 5.09. The van der Waals surface area contributed by atoms with Crippen LogP contribution in [0.5, 0.6) is 0 Å². The molecule has 0 heterocycles. The van der Waals surface area contributed by atoms with Gasteiger partial charge in [-0.3, -0.25) is 0 Å². The molecule has 0 saturated carbocycles. The van der Waals surface area contributed by atoms with E-state index in [0.29, 0.717) is 0 Å². The van der Waals surface area contributed by atoms with Gasteiger partial charge in [-0.1, -0.05) is 11.4 Å². The van der Waals surface area contributed by atoms with Crippen LogP contribution >= 0.6 is 0 Å². The molecule has 0 rings (SSSR count). The summed E-state index contributed by atoms with van der Waals surface area (Å²) in [6.45, 7) is 7.18. The molecule has 0 bridgehead atoms. The second-order valence-electron chi connectivity index (χ2n) is 1.17. The van der Waals surface area contributed by atoms with Crippen molar-refractivity contribution in [3.05, 3.63) is 24.6 Å². The first-order valence-corrected chi connectivity index (χ1v) is 4.75. The van der Waals surface area contributed by atoms with E-state index in [1.54, 1.807) is 0 Å². The molecule has 0 radical (unpaired) electrons. The minimum absolute atomic E-state index is 0.811. The number of rotatable bonds is 3. The first kappa shape index (κ1) is 6.87. The fourth-order valence-electron chi connectivity index (χ4n) is 0.289. The minimum Gasteiger partial charge on any atom is -0.460 e. The van der Waals surface area contributed by atoms with E-state index in [1.807, 2.05) is 11.4 Å². The Labute approximate surface area is 49.0 Å². The molecule has 0 unspecified atom stereocenters. The van der Waals surface area contributed by atoms with Crippen molar-refractivity contribution in [1.29, 1.82) is 0 Å². The normalized spacial score (nSPS) is 9.29. The van der Waals surface area contributed by atoms with Crippen molar-refractivity contribution in [2.75, 3.05) is 0 Å². The van der Waals surface area contributed by atoms with E-state index in [0.717, 1.165) is 10.5 Å². The Balaban J connectivity index is 3.36. The molecule has 3 heteroatoms. The zero-order valence-electron chi connectivity index (χ0n) is 4.55. The van der Waals surface area contributed by atoms with E-state index >= 15 is 0 Å². The molecule has 0 saturated heterocycles. The van der Waals surface area contributed by atoms with Crippen LogP contribution in [0.4, 0.5) is 0 Å². The average molecular weight is 130 g/mol. The predicted molar refractivity (Wildman–Crippen MR) is 38.6 cm³/mol. The zero-order chi connectivity index (χ0) is 5.70. The molecule has 0 aliphatic rings. The molecule has 0 amide bonds. The van der Waals surface area contributed by atoms with Gasteiger partial charge in [-0.25, -0.2) is 0 Å². The Morgan fingerprint density at radius 3 is 1.86 bits per heavy atom. The highest BCUT2D eigenvalue weighted by Gasteiger charge is 1.91. The van der Waals surface area contributed by atoms with Crippen molar-refractivity contribution < 1.29 is 4.12 Å². The van der Waals surface area contributed by atoms with Crippen molar-refractivity contribution in [2.24, 2.45) is 0 Å². The van der Waals surface area contributed by atoms with Crippen LogP contribution in [0.25, 0.3) is 0 Å². The Morgan fingerprint density at radius 2 is 1.86 bits per heavy atom. The summed E-state index contributed by atoms with van der Waals surface area (Å²) >= 11 is 0. The smallest absolute Gasteiger partial charge is 0.212 e. The van der Waals surface area contributed by atoms with Crippen molar-refractivity contribution in [3.63, 3.8) is 0 Å². The molecule has 0 aromatic heterocycles. The fraction of sp³-hybridized carbons (Fsp3) is 0. The van der Waals surface area contributed by atoms with Gasteiger partial charge in [0.1, 0.15) is 10.5 Å². The molecule has 0 spiro atoms. The van der Waals surface area contributed by atoms with Crippen LogP contribution in [-0.2, 0) is 4.12 Å². The van der Waals surface area contributed by atoms with Crippen molar-refractivity contribution in [2.45, 2.75) is 0 Å². The Hall–Kier alpha value is -0.126. The van der Waals surface area contributed by atoms with Gasteiger partial charge >= 0.3 is 0 Å². The lowest BCUT2D eigenvalue weighted by Crippen LogP contribution is -2.08. The maximum atomic E-state index is 5.09.